The highest BCUT2D eigenvalue weighted by Gasteiger charge is 2.13. The molecule has 1 N–H and O–H groups in total. The van der Waals surface area contributed by atoms with Gasteiger partial charge in [0.1, 0.15) is 0 Å². The van der Waals surface area contributed by atoms with Gasteiger partial charge in [-0.3, -0.25) is 9.59 Å². The minimum Gasteiger partial charge on any atom is -0.504 e. The van der Waals surface area contributed by atoms with Gasteiger partial charge in [-0.25, -0.2) is 0 Å². The fourth-order valence-corrected chi connectivity index (χ4v) is 2.33. The first-order valence-electron chi connectivity index (χ1n) is 7.29. The van der Waals surface area contributed by atoms with Gasteiger partial charge in [-0.1, -0.05) is 12.1 Å². The van der Waals surface area contributed by atoms with Gasteiger partial charge in [0.15, 0.2) is 17.2 Å². The van der Waals surface area contributed by atoms with Crippen LogP contribution < -0.4 is 15.9 Å². The Balaban J connectivity index is 2.16. The second-order valence-electron chi connectivity index (χ2n) is 5.44. The standard InChI is InChI=1S/C18H16N2O4/c1-19-10-12(7-8-17(19)22)13-9-18(23)20(2)11-16(13)24-15-6-4-3-5-14(15)21/h3-11,21H,1-2H3. The number of benzene rings is 1. The lowest BCUT2D eigenvalue weighted by Crippen LogP contribution is -2.17. The molecule has 0 saturated heterocycles. The molecule has 122 valence electrons. The van der Waals surface area contributed by atoms with Crippen LogP contribution >= 0.6 is 0 Å². The third-order valence-corrected chi connectivity index (χ3v) is 3.67. The van der Waals surface area contributed by atoms with E-state index in [0.29, 0.717) is 16.9 Å². The molecule has 0 bridgehead atoms. The van der Waals surface area contributed by atoms with Crippen molar-refractivity contribution in [1.82, 2.24) is 9.13 Å². The summed E-state index contributed by atoms with van der Waals surface area (Å²) in [5.74, 6) is 0.678. The van der Waals surface area contributed by atoms with E-state index in [-0.39, 0.29) is 22.6 Å². The molecule has 6 nitrogen and oxygen atoms in total. The number of para-hydroxylation sites is 2. The molecule has 2 aromatic heterocycles. The third-order valence-electron chi connectivity index (χ3n) is 3.67. The molecule has 0 fully saturated rings. The van der Waals surface area contributed by atoms with Crippen LogP contribution in [0.2, 0.25) is 0 Å². The number of pyridine rings is 2. The molecule has 0 aliphatic carbocycles. The van der Waals surface area contributed by atoms with Gasteiger partial charge in [0.2, 0.25) is 5.56 Å². The normalized spacial score (nSPS) is 10.6. The van der Waals surface area contributed by atoms with E-state index in [2.05, 4.69) is 0 Å². The first-order valence-corrected chi connectivity index (χ1v) is 7.29. The average Bonchev–Trinajstić information content (AvgIpc) is 2.55. The quantitative estimate of drug-likeness (QED) is 0.802. The zero-order valence-electron chi connectivity index (χ0n) is 13.3. The maximum atomic E-state index is 12.0. The molecule has 0 unspecified atom stereocenters. The van der Waals surface area contributed by atoms with Crippen molar-refractivity contribution in [1.29, 1.82) is 0 Å². The molecule has 6 heteroatoms. The predicted molar refractivity (Wildman–Crippen MR) is 90.5 cm³/mol. The van der Waals surface area contributed by atoms with E-state index in [1.807, 2.05) is 0 Å². The fraction of sp³-hybridized carbons (Fsp3) is 0.111. The SMILES string of the molecule is Cn1cc(-c2cc(=O)n(C)cc2Oc2ccccc2O)ccc1=O. The highest BCUT2D eigenvalue weighted by Crippen LogP contribution is 2.35. The van der Waals surface area contributed by atoms with E-state index in [4.69, 9.17) is 4.74 Å². The molecule has 0 radical (unpaired) electrons. The molecule has 3 rings (SSSR count). The number of aryl methyl sites for hydroxylation is 2. The summed E-state index contributed by atoms with van der Waals surface area (Å²) >= 11 is 0. The van der Waals surface area contributed by atoms with E-state index in [0.717, 1.165) is 0 Å². The summed E-state index contributed by atoms with van der Waals surface area (Å²) in [5, 5.41) is 9.90. The summed E-state index contributed by atoms with van der Waals surface area (Å²) in [5.41, 5.74) is 0.853. The average molecular weight is 324 g/mol. The topological polar surface area (TPSA) is 73.5 Å². The number of rotatable bonds is 3. The molecule has 2 heterocycles. The monoisotopic (exact) mass is 324 g/mol. The van der Waals surface area contributed by atoms with Crippen molar-refractivity contribution < 1.29 is 9.84 Å². The van der Waals surface area contributed by atoms with Gasteiger partial charge in [0, 0.05) is 43.6 Å². The molecule has 0 saturated carbocycles. The van der Waals surface area contributed by atoms with E-state index in [1.54, 1.807) is 50.8 Å². The Labute approximate surface area is 137 Å². The van der Waals surface area contributed by atoms with E-state index < -0.39 is 0 Å². The van der Waals surface area contributed by atoms with Crippen LogP contribution in [-0.4, -0.2) is 14.2 Å². The molecular formula is C18H16N2O4. The summed E-state index contributed by atoms with van der Waals surface area (Å²) in [4.78, 5) is 23.6. The van der Waals surface area contributed by atoms with Crippen LogP contribution in [0, 0.1) is 0 Å². The van der Waals surface area contributed by atoms with E-state index in [1.165, 1.54) is 27.3 Å². The van der Waals surface area contributed by atoms with Crippen molar-refractivity contribution >= 4 is 0 Å². The van der Waals surface area contributed by atoms with E-state index in [9.17, 15) is 14.7 Å². The highest BCUT2D eigenvalue weighted by atomic mass is 16.5. The number of phenols is 1. The lowest BCUT2D eigenvalue weighted by atomic mass is 10.1. The van der Waals surface area contributed by atoms with Crippen LogP contribution in [-0.2, 0) is 14.1 Å². The molecule has 24 heavy (non-hydrogen) atoms. The summed E-state index contributed by atoms with van der Waals surface area (Å²) in [6.07, 6.45) is 3.18. The van der Waals surface area contributed by atoms with Gasteiger partial charge in [-0.05, 0) is 18.2 Å². The Morgan fingerprint density at radius 1 is 0.875 bits per heavy atom. The highest BCUT2D eigenvalue weighted by molar-refractivity contribution is 5.69. The van der Waals surface area contributed by atoms with Crippen LogP contribution in [0.1, 0.15) is 0 Å². The molecule has 0 aliphatic heterocycles. The lowest BCUT2D eigenvalue weighted by molar-refractivity contribution is 0.410. The van der Waals surface area contributed by atoms with Crippen molar-refractivity contribution in [3.8, 4) is 28.4 Å². The number of hydrogen-bond acceptors (Lipinski definition) is 4. The minimum absolute atomic E-state index is 0.00207. The number of aromatic hydroxyl groups is 1. The van der Waals surface area contributed by atoms with E-state index >= 15 is 0 Å². The maximum absolute atomic E-state index is 12.0. The maximum Gasteiger partial charge on any atom is 0.251 e. The molecule has 0 aliphatic rings. The fourth-order valence-electron chi connectivity index (χ4n) is 2.33. The number of nitrogens with zero attached hydrogens (tertiary/aromatic N) is 2. The van der Waals surface area contributed by atoms with Gasteiger partial charge >= 0.3 is 0 Å². The van der Waals surface area contributed by atoms with Gasteiger partial charge in [0.05, 0.1) is 6.20 Å². The van der Waals surface area contributed by atoms with Gasteiger partial charge in [-0.2, -0.15) is 0 Å². The zero-order chi connectivity index (χ0) is 17.3. The summed E-state index contributed by atoms with van der Waals surface area (Å²) in [6, 6.07) is 11.1. The summed E-state index contributed by atoms with van der Waals surface area (Å²) in [7, 11) is 3.25. The Hall–Kier alpha value is -3.28. The van der Waals surface area contributed by atoms with Crippen LogP contribution in [0.3, 0.4) is 0 Å². The Morgan fingerprint density at radius 3 is 2.29 bits per heavy atom. The Kier molecular flexibility index (Phi) is 3.95. The van der Waals surface area contributed by atoms with Crippen LogP contribution in [0.15, 0.2) is 64.4 Å². The van der Waals surface area contributed by atoms with Gasteiger partial charge < -0.3 is 19.0 Å². The first kappa shape index (κ1) is 15.6. The van der Waals surface area contributed by atoms with Crippen molar-refractivity contribution in [3.63, 3.8) is 0 Å². The molecule has 0 amide bonds. The van der Waals surface area contributed by atoms with Crippen LogP contribution in [0.4, 0.5) is 0 Å². The molecular weight excluding hydrogens is 308 g/mol. The zero-order valence-corrected chi connectivity index (χ0v) is 13.3. The summed E-state index contributed by atoms with van der Waals surface area (Å²) in [6.45, 7) is 0. The largest absolute Gasteiger partial charge is 0.504 e. The second-order valence-corrected chi connectivity index (χ2v) is 5.44. The molecule has 0 spiro atoms. The number of ether oxygens (including phenoxy) is 1. The van der Waals surface area contributed by atoms with Crippen molar-refractivity contribution in [2.24, 2.45) is 14.1 Å². The second kappa shape index (κ2) is 6.08. The summed E-state index contributed by atoms with van der Waals surface area (Å²) < 4.78 is 8.62. The molecule has 0 atom stereocenters. The molecule has 3 aromatic rings. The first-order chi connectivity index (χ1) is 11.5. The number of hydrogen-bond donors (Lipinski definition) is 1. The predicted octanol–water partition coefficient (Wildman–Crippen LogP) is 2.25. The Morgan fingerprint density at radius 2 is 1.58 bits per heavy atom. The Bertz CT molecular complexity index is 1020. The van der Waals surface area contributed by atoms with Gasteiger partial charge in [-0.15, -0.1) is 0 Å². The third kappa shape index (κ3) is 2.94. The number of phenolic OH excluding ortho intramolecular Hbond substituents is 1. The van der Waals surface area contributed by atoms with Crippen molar-refractivity contribution in [3.05, 3.63) is 75.6 Å². The molecule has 1 aromatic carbocycles. The van der Waals surface area contributed by atoms with Gasteiger partial charge in [0.25, 0.3) is 5.56 Å². The van der Waals surface area contributed by atoms with Crippen molar-refractivity contribution in [2.75, 3.05) is 0 Å². The lowest BCUT2D eigenvalue weighted by Gasteiger charge is -2.14. The van der Waals surface area contributed by atoms with Crippen molar-refractivity contribution in [2.45, 2.75) is 0 Å². The smallest absolute Gasteiger partial charge is 0.251 e. The number of aromatic nitrogens is 2. The van der Waals surface area contributed by atoms with Crippen LogP contribution in [0.5, 0.6) is 17.2 Å². The van der Waals surface area contributed by atoms with Crippen LogP contribution in [0.25, 0.3) is 11.1 Å². The minimum atomic E-state index is -0.205.